The Bertz CT molecular complexity index is 769. The van der Waals surface area contributed by atoms with E-state index in [0.717, 1.165) is 23.1 Å². The Labute approximate surface area is 139 Å². The zero-order chi connectivity index (χ0) is 16.2. The monoisotopic (exact) mass is 327 g/mol. The van der Waals surface area contributed by atoms with E-state index in [-0.39, 0.29) is 11.1 Å². The highest BCUT2D eigenvalue weighted by Gasteiger charge is 2.15. The van der Waals surface area contributed by atoms with Crippen LogP contribution in [0.3, 0.4) is 0 Å². The Morgan fingerprint density at radius 3 is 2.43 bits per heavy atom. The molecule has 3 aromatic rings. The van der Waals surface area contributed by atoms with Gasteiger partial charge >= 0.3 is 0 Å². The van der Waals surface area contributed by atoms with Crippen molar-refractivity contribution in [3.63, 3.8) is 0 Å². The number of nitrogens with zero attached hydrogens (tertiary/aromatic N) is 3. The van der Waals surface area contributed by atoms with Crippen LogP contribution in [0.5, 0.6) is 0 Å². The smallest absolute Gasteiger partial charge is 0.192 e. The number of aryl methyl sites for hydroxylation is 1. The van der Waals surface area contributed by atoms with Crippen molar-refractivity contribution in [3.05, 3.63) is 77.4 Å². The van der Waals surface area contributed by atoms with Crippen molar-refractivity contribution in [1.82, 2.24) is 14.8 Å². The summed E-state index contributed by atoms with van der Waals surface area (Å²) in [5.74, 6) is 0.677. The summed E-state index contributed by atoms with van der Waals surface area (Å²) in [5, 5.41) is 9.56. The Kier molecular flexibility index (Phi) is 4.76. The molecule has 5 heteroatoms. The molecule has 0 aliphatic heterocycles. The molecule has 0 amide bonds. The molecule has 118 valence electrons. The van der Waals surface area contributed by atoms with Crippen LogP contribution in [0.4, 0.5) is 4.39 Å². The SMILES string of the molecule is Cc1nnc(SC(C)c2ccc(F)cc2)n1Cc1ccccc1. The molecule has 0 bridgehead atoms. The zero-order valence-electron chi connectivity index (χ0n) is 13.1. The molecule has 0 saturated carbocycles. The van der Waals surface area contributed by atoms with Crippen LogP contribution in [0.1, 0.15) is 29.1 Å². The predicted molar refractivity (Wildman–Crippen MR) is 91.0 cm³/mol. The maximum atomic E-state index is 13.1. The Morgan fingerprint density at radius 1 is 1.04 bits per heavy atom. The van der Waals surface area contributed by atoms with Gasteiger partial charge in [-0.2, -0.15) is 0 Å². The van der Waals surface area contributed by atoms with Gasteiger partial charge in [0.05, 0.1) is 6.54 Å². The lowest BCUT2D eigenvalue weighted by molar-refractivity contribution is 0.627. The summed E-state index contributed by atoms with van der Waals surface area (Å²) in [6, 6.07) is 16.9. The van der Waals surface area contributed by atoms with Gasteiger partial charge in [0.1, 0.15) is 11.6 Å². The van der Waals surface area contributed by atoms with Gasteiger partial charge in [-0.25, -0.2) is 4.39 Å². The van der Waals surface area contributed by atoms with E-state index in [0.29, 0.717) is 0 Å². The van der Waals surface area contributed by atoms with Crippen molar-refractivity contribution in [2.75, 3.05) is 0 Å². The highest BCUT2D eigenvalue weighted by atomic mass is 32.2. The van der Waals surface area contributed by atoms with Crippen LogP contribution in [-0.4, -0.2) is 14.8 Å². The summed E-state index contributed by atoms with van der Waals surface area (Å²) in [6.07, 6.45) is 0. The third kappa shape index (κ3) is 3.79. The third-order valence-corrected chi connectivity index (χ3v) is 4.85. The summed E-state index contributed by atoms with van der Waals surface area (Å²) in [5.41, 5.74) is 2.29. The first-order chi connectivity index (χ1) is 11.1. The maximum Gasteiger partial charge on any atom is 0.192 e. The van der Waals surface area contributed by atoms with Gasteiger partial charge in [0.15, 0.2) is 5.16 Å². The van der Waals surface area contributed by atoms with E-state index in [1.807, 2.05) is 37.3 Å². The van der Waals surface area contributed by atoms with Crippen molar-refractivity contribution in [2.24, 2.45) is 0 Å². The number of thioether (sulfide) groups is 1. The molecule has 1 unspecified atom stereocenters. The van der Waals surface area contributed by atoms with E-state index in [1.54, 1.807) is 11.8 Å². The van der Waals surface area contributed by atoms with Gasteiger partial charge < -0.3 is 4.57 Å². The second-order valence-corrected chi connectivity index (χ2v) is 6.72. The van der Waals surface area contributed by atoms with Crippen LogP contribution < -0.4 is 0 Å². The molecule has 3 nitrogen and oxygen atoms in total. The number of benzene rings is 2. The standard InChI is InChI=1S/C18H18FN3S/c1-13(16-8-10-17(19)11-9-16)23-18-21-20-14(2)22(18)12-15-6-4-3-5-7-15/h3-11,13H,12H2,1-2H3. The summed E-state index contributed by atoms with van der Waals surface area (Å²) < 4.78 is 15.2. The van der Waals surface area contributed by atoms with Gasteiger partial charge in [-0.1, -0.05) is 54.2 Å². The molecule has 0 N–H and O–H groups in total. The quantitative estimate of drug-likeness (QED) is 0.640. The number of halogens is 1. The molecule has 1 heterocycles. The molecule has 0 fully saturated rings. The largest absolute Gasteiger partial charge is 0.302 e. The molecule has 3 rings (SSSR count). The van der Waals surface area contributed by atoms with Crippen LogP contribution in [0, 0.1) is 12.7 Å². The first kappa shape index (κ1) is 15.7. The fourth-order valence-electron chi connectivity index (χ4n) is 2.36. The molecule has 0 aliphatic carbocycles. The fraction of sp³-hybridized carbons (Fsp3) is 0.222. The van der Waals surface area contributed by atoms with Crippen LogP contribution in [0.15, 0.2) is 59.8 Å². The lowest BCUT2D eigenvalue weighted by Gasteiger charge is -2.13. The minimum atomic E-state index is -0.214. The van der Waals surface area contributed by atoms with E-state index in [1.165, 1.54) is 17.7 Å². The third-order valence-electron chi connectivity index (χ3n) is 3.71. The lowest BCUT2D eigenvalue weighted by Crippen LogP contribution is -2.04. The average Bonchev–Trinajstić information content (AvgIpc) is 2.89. The zero-order valence-corrected chi connectivity index (χ0v) is 13.9. The van der Waals surface area contributed by atoms with Crippen molar-refractivity contribution >= 4 is 11.8 Å². The second-order valence-electron chi connectivity index (χ2n) is 5.41. The minimum absolute atomic E-state index is 0.175. The van der Waals surface area contributed by atoms with Gasteiger partial charge in [0, 0.05) is 5.25 Å². The molecule has 2 aromatic carbocycles. The molecule has 1 atom stereocenters. The predicted octanol–water partition coefficient (Wildman–Crippen LogP) is 4.63. The van der Waals surface area contributed by atoms with Gasteiger partial charge in [-0.05, 0) is 37.1 Å². The molecule has 23 heavy (non-hydrogen) atoms. The summed E-state index contributed by atoms with van der Waals surface area (Å²) in [7, 11) is 0. The molecule has 1 aromatic heterocycles. The van der Waals surface area contributed by atoms with Crippen molar-refractivity contribution < 1.29 is 4.39 Å². The molecular formula is C18H18FN3S. The highest BCUT2D eigenvalue weighted by molar-refractivity contribution is 7.99. The number of rotatable bonds is 5. The summed E-state index contributed by atoms with van der Waals surface area (Å²) in [4.78, 5) is 0. The molecule has 0 spiro atoms. The number of aromatic nitrogens is 3. The lowest BCUT2D eigenvalue weighted by atomic mass is 10.2. The molecule has 0 aliphatic rings. The van der Waals surface area contributed by atoms with Gasteiger partial charge in [-0.15, -0.1) is 10.2 Å². The van der Waals surface area contributed by atoms with E-state index in [2.05, 4.69) is 33.8 Å². The van der Waals surface area contributed by atoms with Crippen LogP contribution in [0.25, 0.3) is 0 Å². The van der Waals surface area contributed by atoms with Crippen LogP contribution in [-0.2, 0) is 6.54 Å². The Balaban J connectivity index is 1.79. The van der Waals surface area contributed by atoms with Crippen LogP contribution >= 0.6 is 11.8 Å². The van der Waals surface area contributed by atoms with Gasteiger partial charge in [-0.3, -0.25) is 0 Å². The van der Waals surface area contributed by atoms with Gasteiger partial charge in [0.25, 0.3) is 0 Å². The van der Waals surface area contributed by atoms with E-state index in [9.17, 15) is 4.39 Å². The van der Waals surface area contributed by atoms with Crippen molar-refractivity contribution in [1.29, 1.82) is 0 Å². The highest BCUT2D eigenvalue weighted by Crippen LogP contribution is 2.34. The Hall–Kier alpha value is -2.14. The fourth-order valence-corrected chi connectivity index (χ4v) is 3.38. The Morgan fingerprint density at radius 2 is 1.74 bits per heavy atom. The number of hydrogen-bond acceptors (Lipinski definition) is 3. The molecule has 0 radical (unpaired) electrons. The maximum absolute atomic E-state index is 13.1. The van der Waals surface area contributed by atoms with E-state index >= 15 is 0 Å². The topological polar surface area (TPSA) is 30.7 Å². The average molecular weight is 327 g/mol. The summed E-state index contributed by atoms with van der Waals surface area (Å²) >= 11 is 1.64. The van der Waals surface area contributed by atoms with Crippen molar-refractivity contribution in [3.8, 4) is 0 Å². The molecule has 0 saturated heterocycles. The summed E-state index contributed by atoms with van der Waals surface area (Å²) in [6.45, 7) is 4.80. The first-order valence-electron chi connectivity index (χ1n) is 7.49. The first-order valence-corrected chi connectivity index (χ1v) is 8.37. The minimum Gasteiger partial charge on any atom is -0.302 e. The molecular weight excluding hydrogens is 309 g/mol. The number of hydrogen-bond donors (Lipinski definition) is 0. The van der Waals surface area contributed by atoms with Crippen molar-refractivity contribution in [2.45, 2.75) is 30.8 Å². The van der Waals surface area contributed by atoms with E-state index in [4.69, 9.17) is 0 Å². The second kappa shape index (κ2) is 6.96. The van der Waals surface area contributed by atoms with E-state index < -0.39 is 0 Å². The van der Waals surface area contributed by atoms with Gasteiger partial charge in [0.2, 0.25) is 0 Å². The normalized spacial score (nSPS) is 12.3. The van der Waals surface area contributed by atoms with Crippen LogP contribution in [0.2, 0.25) is 0 Å².